The lowest BCUT2D eigenvalue weighted by molar-refractivity contribution is -0.137. The van der Waals surface area contributed by atoms with E-state index in [1.165, 1.54) is 19.2 Å². The van der Waals surface area contributed by atoms with Gasteiger partial charge in [0.2, 0.25) is 0 Å². The highest BCUT2D eigenvalue weighted by Crippen LogP contribution is 2.29. The van der Waals surface area contributed by atoms with Crippen molar-refractivity contribution in [1.82, 2.24) is 19.7 Å². The maximum absolute atomic E-state index is 12.8. The number of carbonyl (C=O) groups is 1. The number of aldehydes is 1. The molecule has 0 spiro atoms. The second-order valence-corrected chi connectivity index (χ2v) is 7.09. The van der Waals surface area contributed by atoms with Crippen molar-refractivity contribution in [2.75, 3.05) is 27.2 Å². The number of likely N-dealkylation sites (N-methyl/N-ethyl adjacent to an activating group) is 1. The Kier molecular flexibility index (Phi) is 7.37. The highest BCUT2D eigenvalue weighted by molar-refractivity contribution is 6.01. The fraction of sp³-hybridized carbons (Fsp3) is 0.273. The first-order valence-electron chi connectivity index (χ1n) is 9.72. The van der Waals surface area contributed by atoms with Crippen molar-refractivity contribution in [3.05, 3.63) is 77.4 Å². The molecule has 0 aliphatic carbocycles. The maximum Gasteiger partial charge on any atom is 0.416 e. The lowest BCUT2D eigenvalue weighted by Crippen LogP contribution is -2.29. The molecule has 0 radical (unpaired) electrons. The van der Waals surface area contributed by atoms with Crippen molar-refractivity contribution < 1.29 is 22.8 Å². The van der Waals surface area contributed by atoms with Crippen LogP contribution in [0.5, 0.6) is 0 Å². The summed E-state index contributed by atoms with van der Waals surface area (Å²) in [5.74, 6) is 0. The molecular formula is C22H22F3N5O2. The first-order chi connectivity index (χ1) is 15.3. The van der Waals surface area contributed by atoms with Crippen molar-refractivity contribution >= 4 is 12.0 Å². The SMILES string of the molecule is CO/N=C(/CN(C)CCc1nn(-c2cccnc2)cc1C=O)c1ccc(C(F)(F)F)cc1. The second-order valence-electron chi connectivity index (χ2n) is 7.09. The Morgan fingerprint density at radius 1 is 1.25 bits per heavy atom. The molecule has 7 nitrogen and oxygen atoms in total. The van der Waals surface area contributed by atoms with Crippen LogP contribution in [0, 0.1) is 0 Å². The van der Waals surface area contributed by atoms with Crippen LogP contribution in [0.4, 0.5) is 13.2 Å². The monoisotopic (exact) mass is 445 g/mol. The third kappa shape index (κ3) is 5.79. The lowest BCUT2D eigenvalue weighted by Gasteiger charge is -2.17. The summed E-state index contributed by atoms with van der Waals surface area (Å²) in [6, 6.07) is 8.39. The zero-order chi connectivity index (χ0) is 23.1. The van der Waals surface area contributed by atoms with Gasteiger partial charge in [-0.1, -0.05) is 17.3 Å². The molecule has 2 aromatic heterocycles. The molecule has 0 aliphatic heterocycles. The molecule has 3 rings (SSSR count). The summed E-state index contributed by atoms with van der Waals surface area (Å²) in [5.41, 5.74) is 2.15. The van der Waals surface area contributed by atoms with E-state index < -0.39 is 11.7 Å². The zero-order valence-electron chi connectivity index (χ0n) is 17.6. The molecule has 0 saturated heterocycles. The highest BCUT2D eigenvalue weighted by Gasteiger charge is 2.30. The van der Waals surface area contributed by atoms with E-state index in [0.29, 0.717) is 42.0 Å². The third-order valence-corrected chi connectivity index (χ3v) is 4.76. The molecule has 0 fully saturated rings. The minimum absolute atomic E-state index is 0.332. The van der Waals surface area contributed by atoms with Crippen LogP contribution in [0.25, 0.3) is 5.69 Å². The number of carbonyl (C=O) groups excluding carboxylic acids is 1. The highest BCUT2D eigenvalue weighted by atomic mass is 19.4. The van der Waals surface area contributed by atoms with E-state index in [1.54, 1.807) is 29.3 Å². The molecule has 0 bridgehead atoms. The number of benzene rings is 1. The van der Waals surface area contributed by atoms with Crippen molar-refractivity contribution in [1.29, 1.82) is 0 Å². The van der Waals surface area contributed by atoms with Gasteiger partial charge in [0.25, 0.3) is 0 Å². The van der Waals surface area contributed by atoms with Crippen molar-refractivity contribution in [3.63, 3.8) is 0 Å². The lowest BCUT2D eigenvalue weighted by atomic mass is 10.1. The van der Waals surface area contributed by atoms with Gasteiger partial charge in [-0.05, 0) is 31.3 Å². The molecule has 2 heterocycles. The van der Waals surface area contributed by atoms with Crippen molar-refractivity contribution in [2.24, 2.45) is 5.16 Å². The summed E-state index contributed by atoms with van der Waals surface area (Å²) >= 11 is 0. The second kappa shape index (κ2) is 10.2. The van der Waals surface area contributed by atoms with E-state index >= 15 is 0 Å². The number of hydrogen-bond acceptors (Lipinski definition) is 6. The van der Waals surface area contributed by atoms with Crippen LogP contribution in [0.3, 0.4) is 0 Å². The average molecular weight is 445 g/mol. The zero-order valence-corrected chi connectivity index (χ0v) is 17.6. The molecule has 32 heavy (non-hydrogen) atoms. The molecule has 10 heteroatoms. The fourth-order valence-corrected chi connectivity index (χ4v) is 3.10. The van der Waals surface area contributed by atoms with Gasteiger partial charge in [0.15, 0.2) is 6.29 Å². The van der Waals surface area contributed by atoms with E-state index in [1.807, 2.05) is 18.0 Å². The van der Waals surface area contributed by atoms with Gasteiger partial charge in [0, 0.05) is 37.5 Å². The normalized spacial score (nSPS) is 12.2. The van der Waals surface area contributed by atoms with Crippen LogP contribution in [-0.2, 0) is 17.4 Å². The van der Waals surface area contributed by atoms with Crippen molar-refractivity contribution in [2.45, 2.75) is 12.6 Å². The van der Waals surface area contributed by atoms with Gasteiger partial charge in [0.05, 0.1) is 28.7 Å². The van der Waals surface area contributed by atoms with Gasteiger partial charge < -0.3 is 9.74 Å². The number of halogens is 3. The van der Waals surface area contributed by atoms with Gasteiger partial charge in [-0.2, -0.15) is 18.3 Å². The number of pyridine rings is 1. The van der Waals surface area contributed by atoms with Gasteiger partial charge in [0.1, 0.15) is 12.8 Å². The largest absolute Gasteiger partial charge is 0.416 e. The number of hydrogen-bond donors (Lipinski definition) is 0. The average Bonchev–Trinajstić information content (AvgIpc) is 3.21. The minimum Gasteiger partial charge on any atom is -0.399 e. The number of oxime groups is 1. The van der Waals surface area contributed by atoms with E-state index in [4.69, 9.17) is 4.84 Å². The number of rotatable bonds is 9. The predicted molar refractivity (Wildman–Crippen MR) is 113 cm³/mol. The summed E-state index contributed by atoms with van der Waals surface area (Å²) < 4.78 is 40.0. The minimum atomic E-state index is -4.40. The summed E-state index contributed by atoms with van der Waals surface area (Å²) in [6.45, 7) is 0.868. The smallest absolute Gasteiger partial charge is 0.399 e. The summed E-state index contributed by atoms with van der Waals surface area (Å²) in [4.78, 5) is 22.3. The molecule has 1 aromatic carbocycles. The van der Waals surface area contributed by atoms with E-state index in [-0.39, 0.29) is 0 Å². The molecule has 0 aliphatic rings. The number of aromatic nitrogens is 3. The topological polar surface area (TPSA) is 72.6 Å². The molecular weight excluding hydrogens is 423 g/mol. The van der Waals surface area contributed by atoms with Crippen LogP contribution < -0.4 is 0 Å². The molecule has 0 unspecified atom stereocenters. The Bertz CT molecular complexity index is 1060. The number of nitrogens with zero attached hydrogens (tertiary/aromatic N) is 5. The maximum atomic E-state index is 12.8. The molecule has 0 amide bonds. The Balaban J connectivity index is 1.67. The summed E-state index contributed by atoms with van der Waals surface area (Å²) in [7, 11) is 3.22. The standard InChI is InChI=1S/C22H22F3N5O2/c1-29(14-21(28-32-2)16-5-7-18(8-6-16)22(23,24)25)11-9-20-17(15-31)13-30(27-20)19-4-3-10-26-12-19/h3-8,10,12-13,15H,9,11,14H2,1-2H3/b28-21-. The van der Waals surface area contributed by atoms with Crippen LogP contribution in [0.2, 0.25) is 0 Å². The van der Waals surface area contributed by atoms with Crippen LogP contribution >= 0.6 is 0 Å². The van der Waals surface area contributed by atoms with Gasteiger partial charge in [-0.15, -0.1) is 0 Å². The molecule has 0 saturated carbocycles. The Morgan fingerprint density at radius 3 is 2.59 bits per heavy atom. The van der Waals surface area contributed by atoms with Gasteiger partial charge >= 0.3 is 6.18 Å². The van der Waals surface area contributed by atoms with E-state index in [0.717, 1.165) is 24.1 Å². The summed E-state index contributed by atoms with van der Waals surface area (Å²) in [6.07, 6.45) is 1.80. The quantitative estimate of drug-likeness (QED) is 0.286. The fourth-order valence-electron chi connectivity index (χ4n) is 3.10. The Labute approximate surface area is 183 Å². The van der Waals surface area contributed by atoms with Crippen LogP contribution in [0.1, 0.15) is 27.2 Å². The van der Waals surface area contributed by atoms with Gasteiger partial charge in [-0.25, -0.2) is 4.68 Å². The van der Waals surface area contributed by atoms with Crippen molar-refractivity contribution in [3.8, 4) is 5.69 Å². The van der Waals surface area contributed by atoms with E-state index in [2.05, 4.69) is 15.2 Å². The Morgan fingerprint density at radius 2 is 2.00 bits per heavy atom. The molecule has 0 atom stereocenters. The first-order valence-corrected chi connectivity index (χ1v) is 9.72. The van der Waals surface area contributed by atoms with Crippen LogP contribution in [0.15, 0.2) is 60.1 Å². The first kappa shape index (κ1) is 23.1. The van der Waals surface area contributed by atoms with E-state index in [9.17, 15) is 18.0 Å². The Hall–Kier alpha value is -3.53. The molecule has 168 valence electrons. The number of alkyl halides is 3. The van der Waals surface area contributed by atoms with Gasteiger partial charge in [-0.3, -0.25) is 9.78 Å². The summed E-state index contributed by atoms with van der Waals surface area (Å²) in [5, 5.41) is 8.46. The van der Waals surface area contributed by atoms with Crippen LogP contribution in [-0.4, -0.2) is 58.9 Å². The molecule has 0 N–H and O–H groups in total. The molecule has 3 aromatic rings. The predicted octanol–water partition coefficient (Wildman–Crippen LogP) is 3.62. The third-order valence-electron chi connectivity index (χ3n) is 4.76.